The summed E-state index contributed by atoms with van der Waals surface area (Å²) in [7, 11) is -3.84. The number of fused-ring (bicyclic) bond motifs is 1. The first-order valence-electron chi connectivity index (χ1n) is 9.19. The van der Waals surface area contributed by atoms with Gasteiger partial charge in [0.15, 0.2) is 5.16 Å². The van der Waals surface area contributed by atoms with Crippen LogP contribution in [0.1, 0.15) is 23.7 Å². The molecule has 9 nitrogen and oxygen atoms in total. The number of imidazole rings is 1. The molecular formula is C19H20ClN5O4S2. The number of hydrogen-bond donors (Lipinski definition) is 3. The van der Waals surface area contributed by atoms with Gasteiger partial charge >= 0.3 is 0 Å². The summed E-state index contributed by atoms with van der Waals surface area (Å²) in [5.74, 6) is -0.896. The summed E-state index contributed by atoms with van der Waals surface area (Å²) in [5, 5.41) is 6.26. The Bertz CT molecular complexity index is 1230. The van der Waals surface area contributed by atoms with Crippen LogP contribution >= 0.6 is 23.4 Å². The number of aryl methyl sites for hydroxylation is 1. The summed E-state index contributed by atoms with van der Waals surface area (Å²) >= 11 is 6.96. The van der Waals surface area contributed by atoms with Crippen molar-refractivity contribution in [3.05, 3.63) is 53.1 Å². The molecule has 0 unspecified atom stereocenters. The largest absolute Gasteiger partial charge is 0.319 e. The van der Waals surface area contributed by atoms with Gasteiger partial charge in [-0.25, -0.2) is 18.5 Å². The van der Waals surface area contributed by atoms with Gasteiger partial charge in [-0.05, 0) is 48.9 Å². The third-order valence-electron chi connectivity index (χ3n) is 4.21. The summed E-state index contributed by atoms with van der Waals surface area (Å²) in [6, 6.07) is 10.7. The van der Waals surface area contributed by atoms with Crippen molar-refractivity contribution in [1.82, 2.24) is 20.4 Å². The van der Waals surface area contributed by atoms with Gasteiger partial charge < -0.3 is 4.57 Å². The molecule has 2 aromatic carbocycles. The summed E-state index contributed by atoms with van der Waals surface area (Å²) in [6.07, 6.45) is 0.819. The molecule has 1 heterocycles. The molecule has 3 rings (SSSR count). The van der Waals surface area contributed by atoms with E-state index in [2.05, 4.69) is 15.8 Å². The minimum Gasteiger partial charge on any atom is -0.319 e. The Hall–Kier alpha value is -2.60. The molecule has 3 aromatic rings. The van der Waals surface area contributed by atoms with Gasteiger partial charge in [-0.2, -0.15) is 0 Å². The van der Waals surface area contributed by atoms with Crippen molar-refractivity contribution < 1.29 is 18.0 Å². The Balaban J connectivity index is 1.67. The van der Waals surface area contributed by atoms with Crippen molar-refractivity contribution >= 4 is 56.2 Å². The molecule has 31 heavy (non-hydrogen) atoms. The maximum Gasteiger partial charge on any atom is 0.269 e. The molecule has 0 aliphatic rings. The molecule has 0 spiro atoms. The number of halogens is 1. The minimum atomic E-state index is -3.84. The molecule has 0 bridgehead atoms. The molecule has 1 aromatic heterocycles. The number of rotatable bonds is 7. The number of carbonyl (C=O) groups excluding carboxylic acids is 2. The number of hydrogen-bond acceptors (Lipinski definition) is 6. The highest BCUT2D eigenvalue weighted by molar-refractivity contribution is 7.99. The highest BCUT2D eigenvalue weighted by Crippen LogP contribution is 2.26. The Labute approximate surface area is 188 Å². The first kappa shape index (κ1) is 23.1. The third kappa shape index (κ3) is 5.76. The van der Waals surface area contributed by atoms with Gasteiger partial charge in [0.05, 0.1) is 21.7 Å². The third-order valence-corrected chi connectivity index (χ3v) is 6.35. The normalized spacial score (nSPS) is 11.5. The molecule has 0 atom stereocenters. The lowest BCUT2D eigenvalue weighted by molar-refractivity contribution is -0.119. The van der Waals surface area contributed by atoms with Crippen molar-refractivity contribution in [2.75, 3.05) is 5.75 Å². The van der Waals surface area contributed by atoms with Crippen LogP contribution in [0.4, 0.5) is 0 Å². The molecular weight excluding hydrogens is 462 g/mol. The number of nitrogens with one attached hydrogen (secondary N) is 2. The van der Waals surface area contributed by atoms with Gasteiger partial charge in [-0.3, -0.25) is 20.4 Å². The van der Waals surface area contributed by atoms with E-state index < -0.39 is 21.8 Å². The number of sulfonamides is 1. The second-order valence-electron chi connectivity index (χ2n) is 6.54. The lowest BCUT2D eigenvalue weighted by atomic mass is 10.2. The second-order valence-corrected chi connectivity index (χ2v) is 9.48. The molecule has 12 heteroatoms. The Morgan fingerprint density at radius 1 is 1.16 bits per heavy atom. The van der Waals surface area contributed by atoms with Crippen LogP contribution in [0.5, 0.6) is 0 Å². The van der Waals surface area contributed by atoms with E-state index in [1.165, 1.54) is 23.9 Å². The van der Waals surface area contributed by atoms with Crippen LogP contribution in [0.15, 0.2) is 52.5 Å². The quantitative estimate of drug-likeness (QED) is 0.350. The predicted molar refractivity (Wildman–Crippen MR) is 119 cm³/mol. The summed E-state index contributed by atoms with van der Waals surface area (Å²) in [4.78, 5) is 28.7. The van der Waals surface area contributed by atoms with E-state index in [9.17, 15) is 18.0 Å². The standard InChI is InChI=1S/C19H20ClN5O4S2/c1-2-9-25-16-8-7-14(31(21,28)29)10-15(16)22-19(25)30-11-17(26)23-24-18(27)12-3-5-13(20)6-4-12/h3-8,10H,2,9,11H2,1H3,(H,23,26)(H,24,27)(H2,21,28,29). The Morgan fingerprint density at radius 3 is 2.52 bits per heavy atom. The number of nitrogens with zero attached hydrogens (tertiary/aromatic N) is 2. The lowest BCUT2D eigenvalue weighted by Gasteiger charge is -2.09. The Kier molecular flexibility index (Phi) is 7.21. The fourth-order valence-corrected chi connectivity index (χ4v) is 4.28. The first-order valence-corrected chi connectivity index (χ1v) is 12.1. The van der Waals surface area contributed by atoms with Gasteiger partial charge in [-0.15, -0.1) is 0 Å². The van der Waals surface area contributed by atoms with E-state index >= 15 is 0 Å². The zero-order valence-corrected chi connectivity index (χ0v) is 18.9. The van der Waals surface area contributed by atoms with E-state index in [1.807, 2.05) is 11.5 Å². The molecule has 0 saturated heterocycles. The SMILES string of the molecule is CCCn1c(SCC(=O)NNC(=O)c2ccc(Cl)cc2)nc2cc(S(N)(=O)=O)ccc21. The number of thioether (sulfide) groups is 1. The summed E-state index contributed by atoms with van der Waals surface area (Å²) < 4.78 is 25.1. The zero-order chi connectivity index (χ0) is 22.6. The van der Waals surface area contributed by atoms with E-state index in [4.69, 9.17) is 16.7 Å². The molecule has 0 aliphatic carbocycles. The van der Waals surface area contributed by atoms with Crippen LogP contribution in [0, 0.1) is 0 Å². The number of primary sulfonamides is 1. The lowest BCUT2D eigenvalue weighted by Crippen LogP contribution is -2.42. The average Bonchev–Trinajstić information content (AvgIpc) is 3.07. The molecule has 164 valence electrons. The highest BCUT2D eigenvalue weighted by Gasteiger charge is 2.16. The number of benzene rings is 2. The maximum absolute atomic E-state index is 12.2. The zero-order valence-electron chi connectivity index (χ0n) is 16.5. The van der Waals surface area contributed by atoms with Crippen LogP contribution in [0.3, 0.4) is 0 Å². The van der Waals surface area contributed by atoms with Gasteiger partial charge in [0, 0.05) is 17.1 Å². The highest BCUT2D eigenvalue weighted by atomic mass is 35.5. The van der Waals surface area contributed by atoms with Crippen LogP contribution in [-0.2, 0) is 21.4 Å². The van der Waals surface area contributed by atoms with Crippen molar-refractivity contribution in [2.45, 2.75) is 29.9 Å². The van der Waals surface area contributed by atoms with Crippen molar-refractivity contribution in [3.8, 4) is 0 Å². The van der Waals surface area contributed by atoms with Crippen LogP contribution in [-0.4, -0.2) is 35.5 Å². The minimum absolute atomic E-state index is 0.00399. The van der Waals surface area contributed by atoms with Crippen molar-refractivity contribution in [3.63, 3.8) is 0 Å². The number of nitrogens with two attached hydrogens (primary N) is 1. The van der Waals surface area contributed by atoms with E-state index in [0.29, 0.717) is 27.8 Å². The summed E-state index contributed by atoms with van der Waals surface area (Å²) in [5.41, 5.74) is 6.27. The topological polar surface area (TPSA) is 136 Å². The maximum atomic E-state index is 12.2. The molecule has 2 amide bonds. The van der Waals surface area contributed by atoms with E-state index in [1.54, 1.807) is 30.3 Å². The molecule has 0 saturated carbocycles. The van der Waals surface area contributed by atoms with Gasteiger partial charge in [0.1, 0.15) is 0 Å². The Morgan fingerprint density at radius 2 is 1.87 bits per heavy atom. The first-order chi connectivity index (χ1) is 14.7. The fraction of sp³-hybridized carbons (Fsp3) is 0.211. The smallest absolute Gasteiger partial charge is 0.269 e. The van der Waals surface area contributed by atoms with Crippen molar-refractivity contribution in [1.29, 1.82) is 0 Å². The summed E-state index contributed by atoms with van der Waals surface area (Å²) in [6.45, 7) is 2.64. The molecule has 0 radical (unpaired) electrons. The second kappa shape index (κ2) is 9.69. The fourth-order valence-electron chi connectivity index (χ4n) is 2.78. The molecule has 0 fully saturated rings. The van der Waals surface area contributed by atoms with Crippen LogP contribution in [0.2, 0.25) is 5.02 Å². The molecule has 0 aliphatic heterocycles. The average molecular weight is 482 g/mol. The van der Waals surface area contributed by atoms with Crippen LogP contribution in [0.25, 0.3) is 11.0 Å². The number of carbonyl (C=O) groups is 2. The predicted octanol–water partition coefficient (Wildman–Crippen LogP) is 2.30. The van der Waals surface area contributed by atoms with E-state index in [-0.39, 0.29) is 10.6 Å². The number of aromatic nitrogens is 2. The van der Waals surface area contributed by atoms with Gasteiger partial charge in [0.2, 0.25) is 15.9 Å². The van der Waals surface area contributed by atoms with Gasteiger partial charge in [-0.1, -0.05) is 30.3 Å². The van der Waals surface area contributed by atoms with Crippen molar-refractivity contribution in [2.24, 2.45) is 5.14 Å². The van der Waals surface area contributed by atoms with Crippen LogP contribution < -0.4 is 16.0 Å². The number of amides is 2. The monoisotopic (exact) mass is 481 g/mol. The van der Waals surface area contributed by atoms with Gasteiger partial charge in [0.25, 0.3) is 5.91 Å². The molecule has 4 N–H and O–H groups in total. The number of hydrazine groups is 1. The van der Waals surface area contributed by atoms with E-state index in [0.717, 1.165) is 11.9 Å².